The van der Waals surface area contributed by atoms with Gasteiger partial charge in [0.15, 0.2) is 8.32 Å². The van der Waals surface area contributed by atoms with Crippen LogP contribution < -0.4 is 5.32 Å². The first kappa shape index (κ1) is 21.1. The van der Waals surface area contributed by atoms with Crippen LogP contribution in [0.4, 0.5) is 0 Å². The van der Waals surface area contributed by atoms with Crippen molar-refractivity contribution in [1.82, 2.24) is 9.88 Å². The van der Waals surface area contributed by atoms with Crippen LogP contribution in [0.5, 0.6) is 0 Å². The Kier molecular flexibility index (Phi) is 9.27. The van der Waals surface area contributed by atoms with Crippen molar-refractivity contribution in [2.45, 2.75) is 66.0 Å². The zero-order valence-corrected chi connectivity index (χ0v) is 17.6. The summed E-state index contributed by atoms with van der Waals surface area (Å²) in [6.45, 7) is 25.5. The van der Waals surface area contributed by atoms with Crippen molar-refractivity contribution >= 4 is 16.8 Å². The average molecular weight is 331 g/mol. The summed E-state index contributed by atoms with van der Waals surface area (Å²) in [7, 11) is -3.49. The second-order valence-electron chi connectivity index (χ2n) is 7.19. The Bertz CT molecular complexity index is 309. The van der Waals surface area contributed by atoms with Gasteiger partial charge in [-0.05, 0) is 64.7 Å². The van der Waals surface area contributed by atoms with Gasteiger partial charge < -0.3 is 9.43 Å². The van der Waals surface area contributed by atoms with Crippen LogP contribution in [0.2, 0.25) is 32.2 Å². The highest BCUT2D eigenvalue weighted by Gasteiger charge is 2.39. The van der Waals surface area contributed by atoms with Crippen LogP contribution >= 0.6 is 0 Å². The third-order valence-electron chi connectivity index (χ3n) is 3.97. The number of nitrogens with one attached hydrogen (secondary N) is 1. The van der Waals surface area contributed by atoms with Crippen LogP contribution in [0, 0.1) is 5.92 Å². The molecule has 0 bridgehead atoms. The Morgan fingerprint density at radius 2 is 1.76 bits per heavy atom. The van der Waals surface area contributed by atoms with Gasteiger partial charge >= 0.3 is 0 Å². The van der Waals surface area contributed by atoms with E-state index < -0.39 is 16.8 Å². The molecule has 0 aliphatic heterocycles. The molecule has 0 saturated carbocycles. The lowest BCUT2D eigenvalue weighted by Crippen LogP contribution is -2.59. The Balaban J connectivity index is 4.75. The second kappa shape index (κ2) is 9.25. The molecule has 0 aliphatic rings. The molecule has 0 rings (SSSR count). The first-order valence-electron chi connectivity index (χ1n) is 8.39. The quantitative estimate of drug-likeness (QED) is 0.457. The van der Waals surface area contributed by atoms with E-state index in [-0.39, 0.29) is 0 Å². The summed E-state index contributed by atoms with van der Waals surface area (Å²) in [5.74, 6) is 0.684. The molecule has 0 aromatic heterocycles. The van der Waals surface area contributed by atoms with Gasteiger partial charge in [-0.25, -0.2) is 0 Å². The highest BCUT2D eigenvalue weighted by Crippen LogP contribution is 2.25. The number of hydrogen-bond donors (Lipinski definition) is 1. The van der Waals surface area contributed by atoms with Gasteiger partial charge in [0.25, 0.3) is 8.48 Å². The predicted octanol–water partition coefficient (Wildman–Crippen LogP) is 4.05. The van der Waals surface area contributed by atoms with E-state index in [0.29, 0.717) is 12.0 Å². The molecule has 0 spiro atoms. The topological polar surface area (TPSA) is 24.5 Å². The summed E-state index contributed by atoms with van der Waals surface area (Å²) < 4.78 is 9.30. The summed E-state index contributed by atoms with van der Waals surface area (Å²) in [6, 6.07) is 1.61. The van der Waals surface area contributed by atoms with E-state index in [1.54, 1.807) is 0 Å². The molecule has 21 heavy (non-hydrogen) atoms. The normalized spacial score (nSPS) is 16.0. The lowest BCUT2D eigenvalue weighted by Gasteiger charge is -2.44. The fourth-order valence-corrected chi connectivity index (χ4v) is 13.2. The SMILES string of the molecule is C=CC(C)N(CC)[Si](C)(C)O[Si](C)(C)CC(C)CNCC. The van der Waals surface area contributed by atoms with Crippen molar-refractivity contribution in [2.24, 2.45) is 5.92 Å². The standard InChI is InChI=1S/C16H38N2OSi2/c1-10-16(5)18(12-3)21(8,9)19-20(6,7)14-15(4)13-17-11-2/h10,15-17H,1,11-14H2,2-9H3. The lowest BCUT2D eigenvalue weighted by atomic mass is 10.2. The molecule has 0 radical (unpaired) electrons. The van der Waals surface area contributed by atoms with Gasteiger partial charge in [-0.2, -0.15) is 0 Å². The third-order valence-corrected chi connectivity index (χ3v) is 12.0. The molecular formula is C16H38N2OSi2. The van der Waals surface area contributed by atoms with Gasteiger partial charge in [-0.15, -0.1) is 6.58 Å². The van der Waals surface area contributed by atoms with Crippen LogP contribution in [0.1, 0.15) is 27.7 Å². The molecule has 2 atom stereocenters. The van der Waals surface area contributed by atoms with Crippen LogP contribution in [0.15, 0.2) is 12.7 Å². The van der Waals surface area contributed by atoms with Crippen LogP contribution in [-0.2, 0) is 4.12 Å². The maximum Gasteiger partial charge on any atom is 0.255 e. The smallest absolute Gasteiger partial charge is 0.255 e. The van der Waals surface area contributed by atoms with Gasteiger partial charge in [0.05, 0.1) is 0 Å². The number of likely N-dealkylation sites (N-methyl/N-ethyl adjacent to an activating group) is 1. The molecule has 1 N–H and O–H groups in total. The molecule has 2 unspecified atom stereocenters. The highest BCUT2D eigenvalue weighted by atomic mass is 28.4. The minimum Gasteiger partial charge on any atom is -0.444 e. The van der Waals surface area contributed by atoms with Crippen molar-refractivity contribution in [2.75, 3.05) is 19.6 Å². The summed E-state index contributed by atoms with van der Waals surface area (Å²) in [6.07, 6.45) is 2.03. The van der Waals surface area contributed by atoms with Gasteiger partial charge in [0.1, 0.15) is 0 Å². The molecule has 0 saturated heterocycles. The maximum absolute atomic E-state index is 6.78. The molecule has 0 aromatic rings. The zero-order chi connectivity index (χ0) is 16.7. The molecule has 3 nitrogen and oxygen atoms in total. The third kappa shape index (κ3) is 7.74. The number of nitrogens with zero attached hydrogens (tertiary/aromatic N) is 1. The van der Waals surface area contributed by atoms with E-state index in [4.69, 9.17) is 4.12 Å². The summed E-state index contributed by atoms with van der Waals surface area (Å²) in [4.78, 5) is 0. The van der Waals surface area contributed by atoms with E-state index in [9.17, 15) is 0 Å². The molecular weight excluding hydrogens is 292 g/mol. The Morgan fingerprint density at radius 3 is 2.19 bits per heavy atom. The minimum atomic E-state index is -1.85. The molecule has 0 aromatic carbocycles. The lowest BCUT2D eigenvalue weighted by molar-refractivity contribution is 0.327. The fraction of sp³-hybridized carbons (Fsp3) is 0.875. The van der Waals surface area contributed by atoms with Crippen molar-refractivity contribution in [1.29, 1.82) is 0 Å². The van der Waals surface area contributed by atoms with Crippen LogP contribution in [0.25, 0.3) is 0 Å². The van der Waals surface area contributed by atoms with Gasteiger partial charge in [-0.3, -0.25) is 4.57 Å². The van der Waals surface area contributed by atoms with Crippen molar-refractivity contribution in [3.05, 3.63) is 12.7 Å². The van der Waals surface area contributed by atoms with Crippen molar-refractivity contribution < 1.29 is 4.12 Å². The summed E-state index contributed by atoms with van der Waals surface area (Å²) in [5, 5.41) is 3.45. The monoisotopic (exact) mass is 330 g/mol. The predicted molar refractivity (Wildman–Crippen MR) is 101 cm³/mol. The Morgan fingerprint density at radius 1 is 1.19 bits per heavy atom. The molecule has 5 heteroatoms. The first-order valence-corrected chi connectivity index (χ1v) is 14.4. The van der Waals surface area contributed by atoms with Crippen LogP contribution in [-0.4, -0.2) is 47.0 Å². The minimum absolute atomic E-state index is 0.389. The van der Waals surface area contributed by atoms with Crippen molar-refractivity contribution in [3.8, 4) is 0 Å². The van der Waals surface area contributed by atoms with E-state index in [1.165, 1.54) is 6.04 Å². The fourth-order valence-electron chi connectivity index (χ4n) is 3.36. The summed E-state index contributed by atoms with van der Waals surface area (Å²) >= 11 is 0. The van der Waals surface area contributed by atoms with Gasteiger partial charge in [0.2, 0.25) is 0 Å². The van der Waals surface area contributed by atoms with Gasteiger partial charge in [-0.1, -0.05) is 26.8 Å². The van der Waals surface area contributed by atoms with E-state index in [0.717, 1.165) is 19.6 Å². The first-order chi connectivity index (χ1) is 9.59. The largest absolute Gasteiger partial charge is 0.444 e. The van der Waals surface area contributed by atoms with E-state index >= 15 is 0 Å². The Labute approximate surface area is 135 Å². The Hall–Kier alpha value is 0.0538. The second-order valence-corrected chi connectivity index (χ2v) is 15.4. The van der Waals surface area contributed by atoms with Gasteiger partial charge in [0, 0.05) is 6.04 Å². The van der Waals surface area contributed by atoms with Crippen LogP contribution in [0.3, 0.4) is 0 Å². The highest BCUT2D eigenvalue weighted by molar-refractivity contribution is 6.83. The molecule has 0 fully saturated rings. The number of hydrogen-bond acceptors (Lipinski definition) is 3. The maximum atomic E-state index is 6.78. The van der Waals surface area contributed by atoms with E-state index in [2.05, 4.69) is 70.3 Å². The molecule has 0 heterocycles. The molecule has 0 amide bonds. The number of rotatable bonds is 11. The molecule has 0 aliphatic carbocycles. The zero-order valence-electron chi connectivity index (χ0n) is 15.6. The summed E-state index contributed by atoms with van der Waals surface area (Å²) in [5.41, 5.74) is 0. The molecule has 126 valence electrons. The van der Waals surface area contributed by atoms with Crippen molar-refractivity contribution in [3.63, 3.8) is 0 Å². The average Bonchev–Trinajstić information content (AvgIpc) is 2.34. The van der Waals surface area contributed by atoms with E-state index in [1.807, 2.05) is 6.08 Å².